The largest absolute Gasteiger partial charge is 0.480 e. The molecule has 1 saturated carbocycles. The lowest BCUT2D eigenvalue weighted by Crippen LogP contribution is -2.52. The third-order valence-corrected chi connectivity index (χ3v) is 4.59. The summed E-state index contributed by atoms with van der Waals surface area (Å²) in [5.41, 5.74) is -1.39. The number of aromatic nitrogens is 1. The minimum Gasteiger partial charge on any atom is -0.480 e. The highest BCUT2D eigenvalue weighted by Gasteiger charge is 2.43. The monoisotopic (exact) mass is 336 g/mol. The van der Waals surface area contributed by atoms with Crippen LogP contribution in [0, 0.1) is 0 Å². The Morgan fingerprint density at radius 3 is 2.35 bits per heavy atom. The number of aliphatic carboxylic acids is 1. The Morgan fingerprint density at radius 2 is 1.80 bits per heavy atom. The van der Waals surface area contributed by atoms with Crippen LogP contribution in [-0.2, 0) is 4.79 Å². The molecule has 20 heavy (non-hydrogen) atoms. The number of nitrogens with zero attached hydrogens (tertiary/aromatic N) is 1. The molecule has 0 aliphatic heterocycles. The van der Waals surface area contributed by atoms with Gasteiger partial charge < -0.3 is 10.4 Å². The summed E-state index contributed by atoms with van der Waals surface area (Å²) in [5, 5.41) is 11.9. The van der Waals surface area contributed by atoms with Gasteiger partial charge in [-0.1, -0.05) is 47.6 Å². The summed E-state index contributed by atoms with van der Waals surface area (Å²) in [6.45, 7) is 0. The highest BCUT2D eigenvalue weighted by atomic mass is 35.5. The van der Waals surface area contributed by atoms with Crippen molar-refractivity contribution in [1.82, 2.24) is 10.3 Å². The molecule has 1 aromatic rings. The second kappa shape index (κ2) is 5.76. The molecule has 0 unspecified atom stereocenters. The zero-order valence-corrected chi connectivity index (χ0v) is 12.5. The standard InChI is InChI=1S/C12H11Cl3N2O3/c13-6-5-16-9(8(15)7(6)14)10(18)17-12(11(19)20)3-1-2-4-12/h5H,1-4H2,(H,17,18)(H,19,20). The number of carboxylic acids is 1. The molecule has 5 nitrogen and oxygen atoms in total. The first kappa shape index (κ1) is 15.4. The van der Waals surface area contributed by atoms with E-state index >= 15 is 0 Å². The second-order valence-electron chi connectivity index (χ2n) is 4.63. The van der Waals surface area contributed by atoms with Gasteiger partial charge in [0.15, 0.2) is 0 Å². The number of amides is 1. The summed E-state index contributed by atoms with van der Waals surface area (Å²) >= 11 is 17.5. The molecule has 2 N–H and O–H groups in total. The van der Waals surface area contributed by atoms with Gasteiger partial charge in [0.1, 0.15) is 11.2 Å². The molecule has 0 atom stereocenters. The van der Waals surface area contributed by atoms with Crippen LogP contribution in [0.5, 0.6) is 0 Å². The number of hydrogen-bond acceptors (Lipinski definition) is 3. The van der Waals surface area contributed by atoms with E-state index in [-0.39, 0.29) is 20.8 Å². The van der Waals surface area contributed by atoms with E-state index in [1.165, 1.54) is 6.20 Å². The number of rotatable bonds is 3. The SMILES string of the molecule is O=C(NC1(C(=O)O)CCCC1)c1ncc(Cl)c(Cl)c1Cl. The molecule has 0 bridgehead atoms. The van der Waals surface area contributed by atoms with E-state index in [4.69, 9.17) is 34.8 Å². The smallest absolute Gasteiger partial charge is 0.329 e. The van der Waals surface area contributed by atoms with Crippen molar-refractivity contribution >= 4 is 46.7 Å². The predicted molar refractivity (Wildman–Crippen MR) is 75.6 cm³/mol. The van der Waals surface area contributed by atoms with Crippen molar-refractivity contribution in [2.75, 3.05) is 0 Å². The van der Waals surface area contributed by atoms with Crippen molar-refractivity contribution in [2.24, 2.45) is 0 Å². The first-order valence-electron chi connectivity index (χ1n) is 5.93. The molecule has 108 valence electrons. The van der Waals surface area contributed by atoms with Crippen LogP contribution in [0.3, 0.4) is 0 Å². The van der Waals surface area contributed by atoms with E-state index < -0.39 is 17.4 Å². The fraction of sp³-hybridized carbons (Fsp3) is 0.417. The Bertz CT molecular complexity index is 571. The Hall–Kier alpha value is -1.04. The van der Waals surface area contributed by atoms with Gasteiger partial charge in [-0.3, -0.25) is 4.79 Å². The van der Waals surface area contributed by atoms with Gasteiger partial charge in [0.25, 0.3) is 5.91 Å². The molecule has 1 heterocycles. The van der Waals surface area contributed by atoms with Crippen molar-refractivity contribution in [2.45, 2.75) is 31.2 Å². The zero-order chi connectivity index (χ0) is 14.9. The summed E-state index contributed by atoms with van der Waals surface area (Å²) < 4.78 is 0. The average molecular weight is 338 g/mol. The van der Waals surface area contributed by atoms with Crippen LogP contribution in [0.15, 0.2) is 6.20 Å². The first-order chi connectivity index (χ1) is 9.37. The van der Waals surface area contributed by atoms with E-state index in [1.54, 1.807) is 0 Å². The maximum absolute atomic E-state index is 12.2. The molecule has 8 heteroatoms. The van der Waals surface area contributed by atoms with Crippen molar-refractivity contribution in [3.8, 4) is 0 Å². The van der Waals surface area contributed by atoms with Gasteiger partial charge in [0.2, 0.25) is 0 Å². The Balaban J connectivity index is 2.28. The van der Waals surface area contributed by atoms with Crippen LogP contribution in [0.1, 0.15) is 36.2 Å². The lowest BCUT2D eigenvalue weighted by Gasteiger charge is -2.25. The molecule has 1 aliphatic rings. The van der Waals surface area contributed by atoms with Crippen molar-refractivity contribution in [3.63, 3.8) is 0 Å². The van der Waals surface area contributed by atoms with Gasteiger partial charge in [-0.25, -0.2) is 9.78 Å². The van der Waals surface area contributed by atoms with E-state index in [0.29, 0.717) is 12.8 Å². The number of nitrogens with one attached hydrogen (secondary N) is 1. The molecule has 0 radical (unpaired) electrons. The Labute approximate surface area is 130 Å². The van der Waals surface area contributed by atoms with Crippen molar-refractivity contribution < 1.29 is 14.7 Å². The van der Waals surface area contributed by atoms with Crippen LogP contribution >= 0.6 is 34.8 Å². The van der Waals surface area contributed by atoms with E-state index in [2.05, 4.69) is 10.3 Å². The summed E-state index contributed by atoms with van der Waals surface area (Å²) in [5.74, 6) is -1.72. The summed E-state index contributed by atoms with van der Waals surface area (Å²) in [4.78, 5) is 27.4. The molecule has 1 aromatic heterocycles. The van der Waals surface area contributed by atoms with E-state index in [9.17, 15) is 14.7 Å². The fourth-order valence-electron chi connectivity index (χ4n) is 2.25. The van der Waals surface area contributed by atoms with Crippen molar-refractivity contribution in [3.05, 3.63) is 27.0 Å². The number of carbonyl (C=O) groups is 2. The minimum absolute atomic E-state index is 0.0179. The molecule has 1 aliphatic carbocycles. The second-order valence-corrected chi connectivity index (χ2v) is 5.79. The minimum atomic E-state index is -1.26. The molecule has 1 amide bonds. The summed E-state index contributed by atoms with van der Waals surface area (Å²) in [6, 6.07) is 0. The molecule has 0 saturated heterocycles. The summed E-state index contributed by atoms with van der Waals surface area (Å²) in [7, 11) is 0. The normalized spacial score (nSPS) is 16.9. The number of carbonyl (C=O) groups excluding carboxylic acids is 1. The molecule has 0 spiro atoms. The van der Waals surface area contributed by atoms with E-state index in [1.807, 2.05) is 0 Å². The van der Waals surface area contributed by atoms with E-state index in [0.717, 1.165) is 12.8 Å². The zero-order valence-electron chi connectivity index (χ0n) is 10.3. The van der Waals surface area contributed by atoms with Gasteiger partial charge in [-0.15, -0.1) is 0 Å². The average Bonchev–Trinajstić information content (AvgIpc) is 2.86. The number of pyridine rings is 1. The predicted octanol–water partition coefficient (Wildman–Crippen LogP) is 3.17. The maximum Gasteiger partial charge on any atom is 0.329 e. The van der Waals surface area contributed by atoms with Gasteiger partial charge in [-0.05, 0) is 12.8 Å². The molecular formula is C12H11Cl3N2O3. The lowest BCUT2D eigenvalue weighted by atomic mass is 9.97. The van der Waals surface area contributed by atoms with Crippen LogP contribution in [0.2, 0.25) is 15.1 Å². The third kappa shape index (κ3) is 2.71. The first-order valence-corrected chi connectivity index (χ1v) is 7.06. The van der Waals surface area contributed by atoms with Crippen molar-refractivity contribution in [1.29, 1.82) is 0 Å². The quantitative estimate of drug-likeness (QED) is 0.888. The molecule has 1 fully saturated rings. The molecule has 2 rings (SSSR count). The topological polar surface area (TPSA) is 79.3 Å². The molecule has 0 aromatic carbocycles. The van der Waals surface area contributed by atoms with Crippen LogP contribution in [0.25, 0.3) is 0 Å². The molecular weight excluding hydrogens is 327 g/mol. The lowest BCUT2D eigenvalue weighted by molar-refractivity contribution is -0.144. The van der Waals surface area contributed by atoms with Gasteiger partial charge in [0.05, 0.1) is 15.1 Å². The van der Waals surface area contributed by atoms with Crippen LogP contribution in [0.4, 0.5) is 0 Å². The number of hydrogen-bond donors (Lipinski definition) is 2. The Kier molecular flexibility index (Phi) is 4.42. The third-order valence-electron chi connectivity index (χ3n) is 3.35. The highest BCUT2D eigenvalue weighted by molar-refractivity contribution is 6.48. The maximum atomic E-state index is 12.2. The van der Waals surface area contributed by atoms with Gasteiger partial charge in [-0.2, -0.15) is 0 Å². The van der Waals surface area contributed by atoms with Crippen LogP contribution in [-0.4, -0.2) is 27.5 Å². The number of halogens is 3. The van der Waals surface area contributed by atoms with Gasteiger partial charge in [0, 0.05) is 6.20 Å². The van der Waals surface area contributed by atoms with Crippen LogP contribution < -0.4 is 5.32 Å². The Morgan fingerprint density at radius 1 is 1.20 bits per heavy atom. The van der Waals surface area contributed by atoms with Gasteiger partial charge >= 0.3 is 5.97 Å². The summed E-state index contributed by atoms with van der Waals surface area (Å²) in [6.07, 6.45) is 3.46. The fourth-order valence-corrected chi connectivity index (χ4v) is 2.82. The highest BCUT2D eigenvalue weighted by Crippen LogP contribution is 2.33. The number of carboxylic acid groups (broad SMARTS) is 1.